The number of esters is 1. The molecule has 40 heavy (non-hydrogen) atoms. The Hall–Kier alpha value is -4.69. The van der Waals surface area contributed by atoms with Gasteiger partial charge in [-0.1, -0.05) is 41.9 Å². The van der Waals surface area contributed by atoms with Crippen molar-refractivity contribution in [3.8, 4) is 16.9 Å². The van der Waals surface area contributed by atoms with Gasteiger partial charge in [-0.05, 0) is 60.5 Å². The van der Waals surface area contributed by atoms with Crippen molar-refractivity contribution in [2.75, 3.05) is 19.5 Å². The van der Waals surface area contributed by atoms with Gasteiger partial charge in [-0.25, -0.2) is 4.79 Å². The van der Waals surface area contributed by atoms with Crippen LogP contribution in [-0.2, 0) is 16.0 Å². The van der Waals surface area contributed by atoms with E-state index < -0.39 is 23.5 Å². The zero-order valence-electron chi connectivity index (χ0n) is 22.1. The lowest BCUT2D eigenvalue weighted by molar-refractivity contribution is -0.119. The van der Waals surface area contributed by atoms with Crippen LogP contribution in [0.2, 0.25) is 5.02 Å². The second-order valence-electron chi connectivity index (χ2n) is 9.01. The number of pyridine rings is 1. The van der Waals surface area contributed by atoms with Gasteiger partial charge in [-0.2, -0.15) is 0 Å². The molecule has 9 heteroatoms. The molecule has 0 aliphatic heterocycles. The van der Waals surface area contributed by atoms with Crippen molar-refractivity contribution in [2.24, 2.45) is 0 Å². The number of rotatable bonds is 9. The Morgan fingerprint density at radius 2 is 1.62 bits per heavy atom. The molecule has 3 aromatic carbocycles. The van der Waals surface area contributed by atoms with Gasteiger partial charge in [-0.3, -0.25) is 19.0 Å². The van der Waals surface area contributed by atoms with Gasteiger partial charge in [0.25, 0.3) is 5.56 Å². The first kappa shape index (κ1) is 28.3. The maximum Gasteiger partial charge on any atom is 0.337 e. The normalized spacial score (nSPS) is 11.4. The first-order valence-electron chi connectivity index (χ1n) is 12.4. The second-order valence-corrected chi connectivity index (χ2v) is 9.45. The second kappa shape index (κ2) is 12.4. The predicted molar refractivity (Wildman–Crippen MR) is 153 cm³/mol. The zero-order chi connectivity index (χ0) is 28.8. The van der Waals surface area contributed by atoms with E-state index in [2.05, 4.69) is 5.32 Å². The van der Waals surface area contributed by atoms with Crippen LogP contribution in [0.1, 0.15) is 39.2 Å². The molecule has 0 radical (unpaired) electrons. The zero-order valence-corrected chi connectivity index (χ0v) is 22.9. The molecule has 0 saturated carbocycles. The molecule has 0 saturated heterocycles. The van der Waals surface area contributed by atoms with E-state index in [1.807, 2.05) is 30.3 Å². The van der Waals surface area contributed by atoms with Crippen molar-refractivity contribution < 1.29 is 23.9 Å². The third-order valence-electron chi connectivity index (χ3n) is 6.40. The van der Waals surface area contributed by atoms with Crippen LogP contribution in [0.15, 0.2) is 89.9 Å². The number of hydrogen-bond donors (Lipinski definition) is 1. The summed E-state index contributed by atoms with van der Waals surface area (Å²) in [6.07, 6.45) is 1.68. The van der Waals surface area contributed by atoms with Crippen LogP contribution in [-0.4, -0.2) is 36.4 Å². The van der Waals surface area contributed by atoms with Crippen LogP contribution in [0.3, 0.4) is 0 Å². The highest BCUT2D eigenvalue weighted by Crippen LogP contribution is 2.34. The number of anilines is 1. The quantitative estimate of drug-likeness (QED) is 0.212. The molecule has 0 unspecified atom stereocenters. The molecular weight excluding hydrogens is 532 g/mol. The maximum absolute atomic E-state index is 13.6. The highest BCUT2D eigenvalue weighted by atomic mass is 35.5. The molecule has 0 aliphatic rings. The minimum absolute atomic E-state index is 0.197. The lowest BCUT2D eigenvalue weighted by atomic mass is 9.97. The summed E-state index contributed by atoms with van der Waals surface area (Å²) < 4.78 is 11.7. The summed E-state index contributed by atoms with van der Waals surface area (Å²) in [5, 5.41) is 3.23. The number of nitrogens with one attached hydrogen (secondary N) is 1. The number of ketones is 1. The van der Waals surface area contributed by atoms with Gasteiger partial charge in [0.15, 0.2) is 5.78 Å². The van der Waals surface area contributed by atoms with Crippen molar-refractivity contribution in [3.63, 3.8) is 0 Å². The van der Waals surface area contributed by atoms with E-state index in [1.165, 1.54) is 50.1 Å². The average Bonchev–Trinajstić information content (AvgIpc) is 2.96. The van der Waals surface area contributed by atoms with Gasteiger partial charge in [-0.15, -0.1) is 0 Å². The van der Waals surface area contributed by atoms with Gasteiger partial charge >= 0.3 is 5.97 Å². The molecule has 1 amide bonds. The van der Waals surface area contributed by atoms with Gasteiger partial charge < -0.3 is 14.8 Å². The number of Topliss-reactive ketones (excluding diaryl/α,β-unsaturated/α-hetero) is 1. The molecule has 0 fully saturated rings. The van der Waals surface area contributed by atoms with Crippen molar-refractivity contribution in [3.05, 3.63) is 117 Å². The largest absolute Gasteiger partial charge is 0.495 e. The Morgan fingerprint density at radius 3 is 2.25 bits per heavy atom. The van der Waals surface area contributed by atoms with Crippen molar-refractivity contribution >= 4 is 34.9 Å². The number of carbonyl (C=O) groups is 3. The number of hydrogen-bond acceptors (Lipinski definition) is 6. The Kier molecular flexibility index (Phi) is 8.81. The van der Waals surface area contributed by atoms with E-state index in [1.54, 1.807) is 30.3 Å². The van der Waals surface area contributed by atoms with Gasteiger partial charge in [0.1, 0.15) is 11.8 Å². The van der Waals surface area contributed by atoms with Crippen LogP contribution >= 0.6 is 11.6 Å². The van der Waals surface area contributed by atoms with Crippen LogP contribution in [0.4, 0.5) is 5.69 Å². The fourth-order valence-electron chi connectivity index (χ4n) is 4.38. The lowest BCUT2D eigenvalue weighted by Crippen LogP contribution is -2.34. The number of aromatic nitrogens is 1. The summed E-state index contributed by atoms with van der Waals surface area (Å²) in [5.41, 5.74) is 2.37. The number of nitrogens with zero attached hydrogens (tertiary/aromatic N) is 1. The van der Waals surface area contributed by atoms with Crippen LogP contribution < -0.4 is 15.6 Å². The number of methoxy groups -OCH3 is 2. The molecule has 0 spiro atoms. The monoisotopic (exact) mass is 558 g/mol. The molecular formula is C31H27ClN2O6. The van der Waals surface area contributed by atoms with Crippen molar-refractivity contribution in [2.45, 2.75) is 19.4 Å². The minimum atomic E-state index is -0.954. The molecule has 0 aliphatic carbocycles. The fraction of sp³-hybridized carbons (Fsp3) is 0.161. The molecule has 1 aromatic heterocycles. The summed E-state index contributed by atoms with van der Waals surface area (Å²) in [6, 6.07) is 20.7. The maximum atomic E-state index is 13.6. The Bertz CT molecular complexity index is 1610. The van der Waals surface area contributed by atoms with Crippen LogP contribution in [0, 0.1) is 0 Å². The number of carbonyl (C=O) groups excluding carboxylic acids is 3. The van der Waals surface area contributed by atoms with Crippen LogP contribution in [0.5, 0.6) is 5.75 Å². The molecule has 1 heterocycles. The first-order valence-corrected chi connectivity index (χ1v) is 12.7. The predicted octanol–water partition coefficient (Wildman–Crippen LogP) is 5.59. The highest BCUT2D eigenvalue weighted by Gasteiger charge is 2.25. The van der Waals surface area contributed by atoms with Gasteiger partial charge in [0, 0.05) is 34.3 Å². The highest BCUT2D eigenvalue weighted by molar-refractivity contribution is 6.31. The third-order valence-corrected chi connectivity index (χ3v) is 6.63. The molecule has 4 aromatic rings. The summed E-state index contributed by atoms with van der Waals surface area (Å²) in [4.78, 5) is 51.2. The van der Waals surface area contributed by atoms with E-state index >= 15 is 0 Å². The molecule has 1 atom stereocenters. The average molecular weight is 559 g/mol. The lowest BCUT2D eigenvalue weighted by Gasteiger charge is -2.22. The number of halogens is 1. The Labute approximate surface area is 236 Å². The smallest absolute Gasteiger partial charge is 0.337 e. The number of benzene rings is 3. The van der Waals surface area contributed by atoms with Crippen LogP contribution in [0.25, 0.3) is 11.1 Å². The molecule has 8 nitrogen and oxygen atoms in total. The van der Waals surface area contributed by atoms with E-state index in [-0.39, 0.29) is 18.0 Å². The minimum Gasteiger partial charge on any atom is -0.495 e. The standard InChI is InChI=1S/C31H27ClN2O6/c1-19(35)24-14-11-22(32)16-25(24)26-17-29(36)34(18-28(26)39-2)27(15-20-7-5-4-6-8-20)30(37)33-23-12-9-21(10-13-23)31(38)40-3/h4-14,16-18,27H,15H2,1-3H3,(H,33,37)/t27-/m0/s1. The van der Waals surface area contributed by atoms with E-state index in [9.17, 15) is 19.2 Å². The van der Waals surface area contributed by atoms with E-state index in [4.69, 9.17) is 21.1 Å². The van der Waals surface area contributed by atoms with Crippen molar-refractivity contribution in [1.29, 1.82) is 0 Å². The SMILES string of the molecule is COC(=O)c1ccc(NC(=O)[C@H](Cc2ccccc2)n2cc(OC)c(-c3cc(Cl)ccc3C(C)=O)cc2=O)cc1. The summed E-state index contributed by atoms with van der Waals surface area (Å²) in [6.45, 7) is 1.43. The first-order chi connectivity index (χ1) is 19.2. The third kappa shape index (κ3) is 6.30. The summed E-state index contributed by atoms with van der Waals surface area (Å²) in [5.74, 6) is -0.847. The van der Waals surface area contributed by atoms with Gasteiger partial charge in [0.05, 0.1) is 26.0 Å². The topological polar surface area (TPSA) is 104 Å². The molecule has 0 bridgehead atoms. The Morgan fingerprint density at radius 1 is 0.925 bits per heavy atom. The fourth-order valence-corrected chi connectivity index (χ4v) is 4.55. The number of amides is 1. The molecule has 1 N–H and O–H groups in total. The van der Waals surface area contributed by atoms with Crippen molar-refractivity contribution in [1.82, 2.24) is 4.57 Å². The van der Waals surface area contributed by atoms with E-state index in [0.29, 0.717) is 33.0 Å². The molecule has 204 valence electrons. The van der Waals surface area contributed by atoms with Gasteiger partial charge in [0.2, 0.25) is 5.91 Å². The molecule has 4 rings (SSSR count). The summed E-state index contributed by atoms with van der Waals surface area (Å²) >= 11 is 6.22. The Balaban J connectivity index is 1.77. The summed E-state index contributed by atoms with van der Waals surface area (Å²) in [7, 11) is 2.73. The van der Waals surface area contributed by atoms with E-state index in [0.717, 1.165) is 5.56 Å². The number of ether oxygens (including phenoxy) is 2.